The van der Waals surface area contributed by atoms with Crippen molar-refractivity contribution in [2.24, 2.45) is 0 Å². The van der Waals surface area contributed by atoms with Crippen LogP contribution in [0.5, 0.6) is 0 Å². The summed E-state index contributed by atoms with van der Waals surface area (Å²) in [6, 6.07) is -0.793. The first kappa shape index (κ1) is 57.2. The molecule has 0 radical (unpaired) electrons. The van der Waals surface area contributed by atoms with Crippen molar-refractivity contribution in [1.29, 1.82) is 0 Å². The van der Waals surface area contributed by atoms with Gasteiger partial charge in [0.1, 0.15) is 13.2 Å². The molecule has 0 spiro atoms. The van der Waals surface area contributed by atoms with Crippen molar-refractivity contribution in [1.82, 2.24) is 5.32 Å². The van der Waals surface area contributed by atoms with E-state index in [1.165, 1.54) is 109 Å². The zero-order chi connectivity index (χ0) is 43.6. The van der Waals surface area contributed by atoms with Crippen LogP contribution in [0.4, 0.5) is 0 Å². The van der Waals surface area contributed by atoms with Crippen LogP contribution in [-0.2, 0) is 18.4 Å². The fourth-order valence-corrected chi connectivity index (χ4v) is 7.46. The highest BCUT2D eigenvalue weighted by Gasteiger charge is 2.28. The number of aliphatic hydroxyl groups excluding tert-OH is 1. The third-order valence-corrected chi connectivity index (χ3v) is 11.5. The van der Waals surface area contributed by atoms with Crippen molar-refractivity contribution in [2.45, 2.75) is 212 Å². The fourth-order valence-electron chi connectivity index (χ4n) is 6.73. The Kier molecular flexibility index (Phi) is 40.3. The number of nitrogens with zero attached hydrogens (tertiary/aromatic N) is 1. The average Bonchev–Trinajstić information content (AvgIpc) is 3.19. The van der Waals surface area contributed by atoms with Gasteiger partial charge in [-0.25, -0.2) is 4.57 Å². The molecular weight excluding hydrogens is 756 g/mol. The number of carbonyl (C=O) groups excluding carboxylic acids is 1. The molecule has 0 aliphatic carbocycles. The summed E-state index contributed by atoms with van der Waals surface area (Å²) in [6.07, 6.45) is 54.1. The molecule has 0 aliphatic rings. The first-order valence-corrected chi connectivity index (χ1v) is 25.6. The Labute approximate surface area is 364 Å². The van der Waals surface area contributed by atoms with Crippen LogP contribution in [0.1, 0.15) is 200 Å². The molecular formula is C50H94N2O6P+. The minimum atomic E-state index is -4.33. The number of phosphoric ester groups is 1. The molecule has 3 atom stereocenters. The lowest BCUT2D eigenvalue weighted by Crippen LogP contribution is -2.46. The van der Waals surface area contributed by atoms with E-state index in [9.17, 15) is 19.4 Å². The van der Waals surface area contributed by atoms with E-state index in [2.05, 4.69) is 79.9 Å². The molecule has 344 valence electrons. The summed E-state index contributed by atoms with van der Waals surface area (Å²) in [5.41, 5.74) is 0. The summed E-state index contributed by atoms with van der Waals surface area (Å²) in [5.74, 6) is -0.202. The predicted octanol–water partition coefficient (Wildman–Crippen LogP) is 13.8. The second-order valence-corrected chi connectivity index (χ2v) is 18.9. The van der Waals surface area contributed by atoms with E-state index in [1.807, 2.05) is 21.1 Å². The highest BCUT2D eigenvalue weighted by atomic mass is 31.2. The number of quaternary nitrogens is 1. The van der Waals surface area contributed by atoms with Gasteiger partial charge in [-0.1, -0.05) is 203 Å². The molecule has 0 rings (SSSR count). The monoisotopic (exact) mass is 850 g/mol. The average molecular weight is 850 g/mol. The molecule has 0 fully saturated rings. The third-order valence-electron chi connectivity index (χ3n) is 10.5. The second kappa shape index (κ2) is 41.5. The van der Waals surface area contributed by atoms with Crippen molar-refractivity contribution in [3.05, 3.63) is 60.8 Å². The molecule has 1 amide bonds. The van der Waals surface area contributed by atoms with Gasteiger partial charge in [-0.15, -0.1) is 0 Å². The quantitative estimate of drug-likeness (QED) is 0.0244. The number of hydrogen-bond acceptors (Lipinski definition) is 5. The van der Waals surface area contributed by atoms with Gasteiger partial charge in [0.2, 0.25) is 5.91 Å². The molecule has 3 unspecified atom stereocenters. The number of unbranched alkanes of at least 4 members (excludes halogenated alkanes) is 20. The first-order valence-electron chi connectivity index (χ1n) is 24.2. The number of rotatable bonds is 43. The molecule has 8 nitrogen and oxygen atoms in total. The minimum Gasteiger partial charge on any atom is -0.391 e. The topological polar surface area (TPSA) is 105 Å². The van der Waals surface area contributed by atoms with E-state index >= 15 is 0 Å². The number of amides is 1. The van der Waals surface area contributed by atoms with E-state index in [0.29, 0.717) is 30.3 Å². The Morgan fingerprint density at radius 2 is 1.00 bits per heavy atom. The van der Waals surface area contributed by atoms with Crippen LogP contribution < -0.4 is 5.32 Å². The number of carbonyl (C=O) groups is 1. The van der Waals surface area contributed by atoms with Gasteiger partial charge in [0.05, 0.1) is 39.9 Å². The van der Waals surface area contributed by atoms with Crippen molar-refractivity contribution >= 4 is 13.7 Å². The molecule has 59 heavy (non-hydrogen) atoms. The van der Waals surface area contributed by atoms with Gasteiger partial charge >= 0.3 is 7.82 Å². The van der Waals surface area contributed by atoms with Crippen molar-refractivity contribution in [3.63, 3.8) is 0 Å². The van der Waals surface area contributed by atoms with Crippen LogP contribution in [0.25, 0.3) is 0 Å². The molecule has 0 aromatic rings. The zero-order valence-electron chi connectivity index (χ0n) is 39.0. The number of hydrogen-bond donors (Lipinski definition) is 3. The fraction of sp³-hybridized carbons (Fsp3) is 0.780. The van der Waals surface area contributed by atoms with Gasteiger partial charge in [0.15, 0.2) is 0 Å². The van der Waals surface area contributed by atoms with Crippen molar-refractivity contribution in [3.8, 4) is 0 Å². The normalized spacial score (nSPS) is 14.8. The lowest BCUT2D eigenvalue weighted by atomic mass is 10.0. The van der Waals surface area contributed by atoms with Crippen LogP contribution in [0, 0.1) is 0 Å². The van der Waals surface area contributed by atoms with E-state index in [-0.39, 0.29) is 19.1 Å². The summed E-state index contributed by atoms with van der Waals surface area (Å²) < 4.78 is 23.6. The maximum Gasteiger partial charge on any atom is 0.472 e. The van der Waals surface area contributed by atoms with Gasteiger partial charge in [-0.2, -0.15) is 0 Å². The van der Waals surface area contributed by atoms with E-state index in [4.69, 9.17) is 9.05 Å². The molecule has 0 saturated carbocycles. The Hall–Kier alpha value is -1.80. The lowest BCUT2D eigenvalue weighted by Gasteiger charge is -2.26. The van der Waals surface area contributed by atoms with E-state index < -0.39 is 20.0 Å². The van der Waals surface area contributed by atoms with Crippen LogP contribution in [0.2, 0.25) is 0 Å². The molecule has 0 aliphatic heterocycles. The summed E-state index contributed by atoms with van der Waals surface area (Å²) in [6.45, 7) is 4.73. The molecule has 0 aromatic heterocycles. The van der Waals surface area contributed by atoms with Gasteiger partial charge in [-0.3, -0.25) is 13.8 Å². The maximum absolute atomic E-state index is 12.9. The summed E-state index contributed by atoms with van der Waals surface area (Å²) in [4.78, 5) is 23.2. The predicted molar refractivity (Wildman–Crippen MR) is 254 cm³/mol. The summed E-state index contributed by atoms with van der Waals surface area (Å²) in [5, 5.41) is 14.0. The third kappa shape index (κ3) is 44.1. The van der Waals surface area contributed by atoms with Crippen LogP contribution >= 0.6 is 7.82 Å². The van der Waals surface area contributed by atoms with Crippen molar-refractivity contribution < 1.29 is 32.9 Å². The van der Waals surface area contributed by atoms with Crippen LogP contribution in [0.15, 0.2) is 60.8 Å². The molecule has 0 aromatic carbocycles. The van der Waals surface area contributed by atoms with Crippen molar-refractivity contribution in [2.75, 3.05) is 40.9 Å². The molecule has 0 bridgehead atoms. The van der Waals surface area contributed by atoms with E-state index in [0.717, 1.165) is 57.8 Å². The van der Waals surface area contributed by atoms with Gasteiger partial charge in [0.25, 0.3) is 0 Å². The maximum atomic E-state index is 12.9. The number of aliphatic hydroxyl groups is 1. The van der Waals surface area contributed by atoms with Gasteiger partial charge in [0, 0.05) is 6.42 Å². The Bertz CT molecular complexity index is 1140. The number of allylic oxidation sites excluding steroid dienone is 10. The van der Waals surface area contributed by atoms with E-state index in [1.54, 1.807) is 0 Å². The zero-order valence-corrected chi connectivity index (χ0v) is 39.9. The Morgan fingerprint density at radius 3 is 1.42 bits per heavy atom. The smallest absolute Gasteiger partial charge is 0.391 e. The number of nitrogens with one attached hydrogen (secondary N) is 1. The van der Waals surface area contributed by atoms with Crippen LogP contribution in [0.3, 0.4) is 0 Å². The standard InChI is InChI=1S/C50H93N2O6P/c1-6-8-10-12-14-16-18-20-22-24-25-26-28-29-31-33-35-37-39-41-43-49(53)48(47-58-59(55,56)57-46-45-52(3,4)5)51-50(54)44-42-40-38-36-34-32-30-27-23-21-19-17-15-13-11-9-7-2/h9,11,15,17,21,23,30,32,36,38,48-49,53H,6-8,10,12-14,16,18-20,22,24-29,31,33-35,37,39-47H2,1-5H3,(H-,51,54,55,56)/p+1/b11-9-,17-15-,23-21-,32-30-,38-36-. The second-order valence-electron chi connectivity index (χ2n) is 17.5. The van der Waals surface area contributed by atoms with Gasteiger partial charge < -0.3 is 19.8 Å². The molecule has 0 heterocycles. The highest BCUT2D eigenvalue weighted by molar-refractivity contribution is 7.47. The minimum absolute atomic E-state index is 0.0616. The Morgan fingerprint density at radius 1 is 0.593 bits per heavy atom. The Balaban J connectivity index is 4.39. The summed E-state index contributed by atoms with van der Waals surface area (Å²) in [7, 11) is 1.57. The lowest BCUT2D eigenvalue weighted by molar-refractivity contribution is -0.870. The number of phosphoric acid groups is 1. The first-order chi connectivity index (χ1) is 28.5. The molecule has 9 heteroatoms. The SMILES string of the molecule is CC/C=C\C/C=C\C/C=C\C/C=C\C/C=C\CCCC(=O)NC(COP(=O)(O)OCC[N+](C)(C)C)C(O)CCCCCCCCCCCCCCCCCCCCCC. The highest BCUT2D eigenvalue weighted by Crippen LogP contribution is 2.43. The summed E-state index contributed by atoms with van der Waals surface area (Å²) >= 11 is 0. The van der Waals surface area contributed by atoms with Gasteiger partial charge in [-0.05, 0) is 51.4 Å². The largest absolute Gasteiger partial charge is 0.472 e. The number of likely N-dealkylation sites (N-methyl/N-ethyl adjacent to an activating group) is 1. The molecule has 3 N–H and O–H groups in total. The molecule has 0 saturated heterocycles. The van der Waals surface area contributed by atoms with Crippen LogP contribution in [-0.4, -0.2) is 73.4 Å².